The standard InChI is InChI=1S/C15H20N2O4/c1-17-11-8-12(21-17)13(15(18)20-3)14(11)16-9-4-6-10(19-2)7-5-9/h4-7,11-14,16H,8H2,1-3H3/t11-,12+,13-,14+/m0/s1. The molecule has 6 nitrogen and oxygen atoms in total. The summed E-state index contributed by atoms with van der Waals surface area (Å²) >= 11 is 0. The third-order valence-corrected chi connectivity index (χ3v) is 4.34. The number of likely N-dealkylation sites (N-methyl/N-ethyl adjacent to an activating group) is 1. The second-order valence-corrected chi connectivity index (χ2v) is 5.44. The zero-order valence-corrected chi connectivity index (χ0v) is 12.4. The van der Waals surface area contributed by atoms with Crippen LogP contribution in [0.4, 0.5) is 5.69 Å². The molecule has 0 radical (unpaired) electrons. The second kappa shape index (κ2) is 5.54. The molecule has 1 N–H and O–H groups in total. The molecule has 1 aromatic rings. The third kappa shape index (κ3) is 2.45. The van der Waals surface area contributed by atoms with Gasteiger partial charge in [0, 0.05) is 12.7 Å². The van der Waals surface area contributed by atoms with E-state index in [1.807, 2.05) is 36.4 Å². The Bertz CT molecular complexity index is 519. The molecule has 1 saturated carbocycles. The fraction of sp³-hybridized carbons (Fsp3) is 0.533. The summed E-state index contributed by atoms with van der Waals surface area (Å²) in [6.07, 6.45) is 0.729. The fourth-order valence-corrected chi connectivity index (χ4v) is 3.28. The van der Waals surface area contributed by atoms with Crippen molar-refractivity contribution >= 4 is 11.7 Å². The van der Waals surface area contributed by atoms with Crippen molar-refractivity contribution in [2.75, 3.05) is 26.6 Å². The molecule has 3 rings (SSSR count). The molecule has 1 aliphatic heterocycles. The lowest BCUT2D eigenvalue weighted by Crippen LogP contribution is -2.50. The number of methoxy groups -OCH3 is 2. The molecule has 21 heavy (non-hydrogen) atoms. The first kappa shape index (κ1) is 14.2. The molecule has 0 aromatic heterocycles. The highest BCUT2D eigenvalue weighted by Crippen LogP contribution is 2.41. The van der Waals surface area contributed by atoms with Gasteiger partial charge in [0.1, 0.15) is 11.7 Å². The molecule has 1 heterocycles. The Kier molecular flexibility index (Phi) is 3.73. The number of hydroxylamine groups is 2. The molecule has 1 aromatic carbocycles. The maximum atomic E-state index is 12.0. The molecule has 0 spiro atoms. The van der Waals surface area contributed by atoms with Crippen molar-refractivity contribution in [3.8, 4) is 5.75 Å². The van der Waals surface area contributed by atoms with Crippen LogP contribution in [0.25, 0.3) is 0 Å². The van der Waals surface area contributed by atoms with Crippen LogP contribution in [-0.4, -0.2) is 50.5 Å². The van der Waals surface area contributed by atoms with Gasteiger partial charge in [0.2, 0.25) is 0 Å². The van der Waals surface area contributed by atoms with Gasteiger partial charge in [0.15, 0.2) is 0 Å². The number of hydrogen-bond donors (Lipinski definition) is 1. The Morgan fingerprint density at radius 1 is 1.33 bits per heavy atom. The van der Waals surface area contributed by atoms with Gasteiger partial charge in [-0.25, -0.2) is 0 Å². The van der Waals surface area contributed by atoms with Crippen LogP contribution in [0.3, 0.4) is 0 Å². The van der Waals surface area contributed by atoms with Gasteiger partial charge < -0.3 is 14.8 Å². The summed E-state index contributed by atoms with van der Waals surface area (Å²) in [5.74, 6) is 0.304. The van der Waals surface area contributed by atoms with Gasteiger partial charge in [0.25, 0.3) is 0 Å². The maximum Gasteiger partial charge on any atom is 0.313 e. The Hall–Kier alpha value is -1.79. The quantitative estimate of drug-likeness (QED) is 0.844. The van der Waals surface area contributed by atoms with Crippen LogP contribution < -0.4 is 10.1 Å². The number of anilines is 1. The highest BCUT2D eigenvalue weighted by molar-refractivity contribution is 5.75. The lowest BCUT2D eigenvalue weighted by atomic mass is 9.99. The van der Waals surface area contributed by atoms with Crippen LogP contribution in [0.1, 0.15) is 6.42 Å². The number of carbonyl (C=O) groups excluding carboxylic acids is 1. The molecule has 6 heteroatoms. The zero-order valence-electron chi connectivity index (χ0n) is 12.4. The number of rotatable bonds is 4. The van der Waals surface area contributed by atoms with Gasteiger partial charge in [-0.05, 0) is 30.7 Å². The molecule has 1 aliphatic carbocycles. The second-order valence-electron chi connectivity index (χ2n) is 5.44. The first-order valence-corrected chi connectivity index (χ1v) is 7.02. The summed E-state index contributed by atoms with van der Waals surface area (Å²) in [6, 6.07) is 7.82. The number of nitrogens with one attached hydrogen (secondary N) is 1. The average molecular weight is 292 g/mol. The molecule has 0 amide bonds. The van der Waals surface area contributed by atoms with E-state index in [-0.39, 0.29) is 30.1 Å². The molecule has 2 bridgehead atoms. The van der Waals surface area contributed by atoms with E-state index in [9.17, 15) is 4.79 Å². The molecule has 2 fully saturated rings. The Balaban J connectivity index is 1.79. The van der Waals surface area contributed by atoms with Gasteiger partial charge in [-0.3, -0.25) is 9.63 Å². The smallest absolute Gasteiger partial charge is 0.313 e. The van der Waals surface area contributed by atoms with Gasteiger partial charge in [-0.15, -0.1) is 0 Å². The highest BCUT2D eigenvalue weighted by Gasteiger charge is 2.55. The normalized spacial score (nSPS) is 31.2. The van der Waals surface area contributed by atoms with E-state index in [0.29, 0.717) is 0 Å². The molecular formula is C15H20N2O4. The summed E-state index contributed by atoms with van der Waals surface area (Å²) in [5.41, 5.74) is 0.954. The van der Waals surface area contributed by atoms with Crippen molar-refractivity contribution in [3.05, 3.63) is 24.3 Å². The van der Waals surface area contributed by atoms with E-state index >= 15 is 0 Å². The summed E-state index contributed by atoms with van der Waals surface area (Å²) in [6.45, 7) is 0. The van der Waals surface area contributed by atoms with Gasteiger partial charge in [-0.1, -0.05) is 0 Å². The van der Waals surface area contributed by atoms with Crippen LogP contribution in [0.15, 0.2) is 24.3 Å². The maximum absolute atomic E-state index is 12.0. The third-order valence-electron chi connectivity index (χ3n) is 4.34. The molecule has 114 valence electrons. The zero-order chi connectivity index (χ0) is 15.0. The first-order valence-electron chi connectivity index (χ1n) is 7.02. The van der Waals surface area contributed by atoms with Crippen molar-refractivity contribution in [1.29, 1.82) is 0 Å². The number of hydrogen-bond acceptors (Lipinski definition) is 6. The highest BCUT2D eigenvalue weighted by atomic mass is 16.7. The Morgan fingerprint density at radius 3 is 2.67 bits per heavy atom. The summed E-state index contributed by atoms with van der Waals surface area (Å²) in [4.78, 5) is 17.7. The van der Waals surface area contributed by atoms with Gasteiger partial charge in [-0.2, -0.15) is 5.06 Å². The number of benzene rings is 1. The van der Waals surface area contributed by atoms with E-state index in [0.717, 1.165) is 17.9 Å². The predicted octanol–water partition coefficient (Wildman–Crippen LogP) is 1.28. The largest absolute Gasteiger partial charge is 0.497 e. The average Bonchev–Trinajstić information content (AvgIpc) is 3.04. The lowest BCUT2D eigenvalue weighted by Gasteiger charge is -2.35. The number of fused-ring (bicyclic) bond motifs is 2. The van der Waals surface area contributed by atoms with E-state index in [4.69, 9.17) is 14.3 Å². The van der Waals surface area contributed by atoms with Crippen molar-refractivity contribution < 1.29 is 19.1 Å². The summed E-state index contributed by atoms with van der Waals surface area (Å²) in [7, 11) is 4.96. The minimum absolute atomic E-state index is 0.0189. The van der Waals surface area contributed by atoms with E-state index in [1.165, 1.54) is 7.11 Å². The fourth-order valence-electron chi connectivity index (χ4n) is 3.28. The first-order chi connectivity index (χ1) is 10.1. The monoisotopic (exact) mass is 292 g/mol. The van der Waals surface area contributed by atoms with Crippen molar-refractivity contribution in [1.82, 2.24) is 5.06 Å². The van der Waals surface area contributed by atoms with Crippen molar-refractivity contribution in [2.45, 2.75) is 24.6 Å². The summed E-state index contributed by atoms with van der Waals surface area (Å²) < 4.78 is 10.1. The molecular weight excluding hydrogens is 272 g/mol. The van der Waals surface area contributed by atoms with Gasteiger partial charge in [0.05, 0.1) is 32.4 Å². The molecule has 0 unspecified atom stereocenters. The number of ether oxygens (including phenoxy) is 2. The van der Waals surface area contributed by atoms with E-state index < -0.39 is 0 Å². The molecule has 1 saturated heterocycles. The minimum Gasteiger partial charge on any atom is -0.497 e. The topological polar surface area (TPSA) is 60.0 Å². The number of esters is 1. The van der Waals surface area contributed by atoms with Crippen LogP contribution >= 0.6 is 0 Å². The Labute approximate surface area is 123 Å². The van der Waals surface area contributed by atoms with Crippen molar-refractivity contribution in [3.63, 3.8) is 0 Å². The van der Waals surface area contributed by atoms with Crippen molar-refractivity contribution in [2.24, 2.45) is 5.92 Å². The minimum atomic E-state index is -0.279. The van der Waals surface area contributed by atoms with E-state index in [1.54, 1.807) is 7.11 Å². The van der Waals surface area contributed by atoms with E-state index in [2.05, 4.69) is 5.32 Å². The van der Waals surface area contributed by atoms with Crippen LogP contribution in [0.5, 0.6) is 5.75 Å². The predicted molar refractivity (Wildman–Crippen MR) is 77.0 cm³/mol. The lowest BCUT2D eigenvalue weighted by molar-refractivity contribution is -0.198. The Morgan fingerprint density at radius 2 is 2.05 bits per heavy atom. The van der Waals surface area contributed by atoms with Crippen LogP contribution in [0, 0.1) is 5.92 Å². The number of nitrogens with zero attached hydrogens (tertiary/aromatic N) is 1. The van der Waals surface area contributed by atoms with Crippen LogP contribution in [0.2, 0.25) is 0 Å². The molecule has 2 aliphatic rings. The van der Waals surface area contributed by atoms with Gasteiger partial charge >= 0.3 is 5.97 Å². The SMILES string of the molecule is COC(=O)[C@@H]1[C@H](Nc2ccc(OC)cc2)[C@@H]2C[C@H]1ON2C. The van der Waals surface area contributed by atoms with Crippen LogP contribution in [-0.2, 0) is 14.4 Å². The number of carbonyl (C=O) groups is 1. The summed E-state index contributed by atoms with van der Waals surface area (Å²) in [5, 5.41) is 5.28. The molecule has 4 atom stereocenters.